The van der Waals surface area contributed by atoms with Gasteiger partial charge in [0.05, 0.1) is 28.5 Å². The molecule has 14 rings (SSSR count). The van der Waals surface area contributed by atoms with Crippen LogP contribution in [0.5, 0.6) is 0 Å². The highest BCUT2D eigenvalue weighted by molar-refractivity contribution is 6.18. The number of rotatable bonds is 10. The Hall–Kier alpha value is -10.2. The molecule has 0 saturated heterocycles. The molecule has 1 aliphatic carbocycles. The highest BCUT2D eigenvalue weighted by Crippen LogP contribution is 2.46. The topological polar surface area (TPSA) is 88.9 Å². The van der Waals surface area contributed by atoms with Gasteiger partial charge in [-0.25, -0.2) is 19.9 Å². The molecule has 368 valence electrons. The Morgan fingerprint density at radius 2 is 1.09 bits per heavy atom. The lowest BCUT2D eigenvalue weighted by molar-refractivity contribution is 0.616. The van der Waals surface area contributed by atoms with Crippen molar-refractivity contribution in [2.45, 2.75) is 13.0 Å². The number of fused-ring (bicyclic) bond motifs is 7. The summed E-state index contributed by atoms with van der Waals surface area (Å²) >= 11 is 0. The average molecular weight is 1000 g/mol. The molecule has 0 bridgehead atoms. The smallest absolute Gasteiger partial charge is 0.160 e. The van der Waals surface area contributed by atoms with E-state index in [4.69, 9.17) is 34.3 Å². The lowest BCUT2D eigenvalue weighted by Crippen LogP contribution is -2.30. The van der Waals surface area contributed by atoms with Crippen molar-refractivity contribution in [3.05, 3.63) is 288 Å². The fourth-order valence-corrected chi connectivity index (χ4v) is 11.0. The summed E-state index contributed by atoms with van der Waals surface area (Å²) < 4.78 is 6.66. The van der Waals surface area contributed by atoms with Gasteiger partial charge < -0.3 is 4.42 Å². The van der Waals surface area contributed by atoms with Gasteiger partial charge in [-0.2, -0.15) is 0 Å². The van der Waals surface area contributed by atoms with Crippen molar-refractivity contribution < 1.29 is 4.42 Å². The van der Waals surface area contributed by atoms with Crippen LogP contribution in [0.15, 0.2) is 269 Å². The first-order valence-corrected chi connectivity index (χ1v) is 26.3. The van der Waals surface area contributed by atoms with Crippen molar-refractivity contribution in [3.8, 4) is 45.0 Å². The molecule has 1 aliphatic heterocycles. The molecule has 7 nitrogen and oxygen atoms in total. The van der Waals surface area contributed by atoms with E-state index in [1.165, 1.54) is 0 Å². The molecule has 3 aromatic heterocycles. The Kier molecular flexibility index (Phi) is 11.6. The zero-order valence-electron chi connectivity index (χ0n) is 42.6. The second kappa shape index (κ2) is 19.5. The second-order valence-electron chi connectivity index (χ2n) is 19.8. The lowest BCUT2D eigenvalue weighted by atomic mass is 9.79. The molecule has 78 heavy (non-hydrogen) atoms. The van der Waals surface area contributed by atoms with Crippen LogP contribution in [0.25, 0.3) is 89.5 Å². The SMILES string of the molecule is C=C(c1ccccc1)c1ccc2c(-c3ccc4oc5ccc(C6=NC(c7ccccc7)=NC7c8nc(-c9ccccc9)cc(-c9ccccc9)c8C=CC67)cc5c4c3)nc(-c3ccccc3)nc2c1N=C(C)c1ccccc1. The normalized spacial score (nSPS) is 15.0. The summed E-state index contributed by atoms with van der Waals surface area (Å²) in [5, 5.41) is 2.79. The van der Waals surface area contributed by atoms with Gasteiger partial charge in [0.25, 0.3) is 0 Å². The number of hydrogen-bond donors (Lipinski definition) is 0. The van der Waals surface area contributed by atoms with Crippen LogP contribution in [0.2, 0.25) is 0 Å². The van der Waals surface area contributed by atoms with Crippen LogP contribution in [0.3, 0.4) is 0 Å². The summed E-state index contributed by atoms with van der Waals surface area (Å²) in [6.45, 7) is 6.69. The minimum atomic E-state index is -0.344. The Bertz CT molecular complexity index is 4430. The summed E-state index contributed by atoms with van der Waals surface area (Å²) in [6, 6.07) is 80.8. The molecule has 2 unspecified atom stereocenters. The Morgan fingerprint density at radius 3 is 1.76 bits per heavy atom. The van der Waals surface area contributed by atoms with Gasteiger partial charge in [-0.15, -0.1) is 0 Å². The molecule has 9 aromatic carbocycles. The van der Waals surface area contributed by atoms with Crippen molar-refractivity contribution in [1.82, 2.24) is 15.0 Å². The van der Waals surface area contributed by atoms with E-state index >= 15 is 0 Å². The predicted molar refractivity (Wildman–Crippen MR) is 320 cm³/mol. The quantitative estimate of drug-likeness (QED) is 0.128. The summed E-state index contributed by atoms with van der Waals surface area (Å²) in [5.41, 5.74) is 19.3. The van der Waals surface area contributed by atoms with Gasteiger partial charge in [0.15, 0.2) is 11.7 Å². The molecule has 0 amide bonds. The van der Waals surface area contributed by atoms with Gasteiger partial charge >= 0.3 is 0 Å². The minimum absolute atomic E-state index is 0.202. The Balaban J connectivity index is 0.939. The molecular formula is C71H48N6O. The molecule has 12 aromatic rings. The van der Waals surface area contributed by atoms with E-state index in [-0.39, 0.29) is 12.0 Å². The Labute approximate surface area is 451 Å². The van der Waals surface area contributed by atoms with Crippen LogP contribution < -0.4 is 0 Å². The van der Waals surface area contributed by atoms with E-state index in [0.717, 1.165) is 134 Å². The van der Waals surface area contributed by atoms with Crippen LogP contribution in [-0.2, 0) is 0 Å². The maximum Gasteiger partial charge on any atom is 0.160 e. The van der Waals surface area contributed by atoms with Crippen molar-refractivity contribution in [1.29, 1.82) is 0 Å². The predicted octanol–water partition coefficient (Wildman–Crippen LogP) is 17.4. The van der Waals surface area contributed by atoms with Gasteiger partial charge in [0.1, 0.15) is 22.7 Å². The van der Waals surface area contributed by atoms with Crippen LogP contribution >= 0.6 is 0 Å². The fourth-order valence-electron chi connectivity index (χ4n) is 11.0. The minimum Gasteiger partial charge on any atom is -0.456 e. The van der Waals surface area contributed by atoms with E-state index in [1.54, 1.807) is 0 Å². The summed E-state index contributed by atoms with van der Waals surface area (Å²) in [4.78, 5) is 32.7. The standard InChI is InChI=1S/C71H48N6O/c1-44(46-21-9-3-10-22-46)54-35-37-56-64(74-70(50-29-17-7-18-30-50)76-68(56)66(54)72-45(2)47-23-11-4-12-24-47)52-33-39-62-59(41-52)60-42-53(34-40-63(60)78-62)65-57-38-36-55-58(48-25-13-5-14-26-48)43-61(49-27-15-6-16-28-49)73-67(55)69(57)77-71(75-65)51-31-19-8-20-32-51/h3-43,57,69H,1H2,2H3. The second-order valence-corrected chi connectivity index (χ2v) is 19.8. The van der Waals surface area contributed by atoms with Crippen molar-refractivity contribution in [2.24, 2.45) is 20.9 Å². The van der Waals surface area contributed by atoms with Crippen LogP contribution in [0.4, 0.5) is 5.69 Å². The first kappa shape index (κ1) is 46.3. The molecule has 0 radical (unpaired) electrons. The van der Waals surface area contributed by atoms with Crippen molar-refractivity contribution >= 4 is 67.4 Å². The molecule has 0 fully saturated rings. The third-order valence-corrected chi connectivity index (χ3v) is 15.0. The molecule has 0 N–H and O–H groups in total. The molecular weight excluding hydrogens is 953 g/mol. The summed E-state index contributed by atoms with van der Waals surface area (Å²) in [6.07, 6.45) is 4.50. The summed E-state index contributed by atoms with van der Waals surface area (Å²) in [5.74, 6) is 1.06. The molecule has 7 heteroatoms. The maximum absolute atomic E-state index is 6.66. The maximum atomic E-state index is 6.66. The first-order chi connectivity index (χ1) is 38.5. The van der Waals surface area contributed by atoms with Crippen LogP contribution in [0.1, 0.15) is 52.0 Å². The molecule has 2 aliphatic rings. The highest BCUT2D eigenvalue weighted by atomic mass is 16.3. The van der Waals surface area contributed by atoms with Gasteiger partial charge in [-0.1, -0.05) is 207 Å². The summed E-state index contributed by atoms with van der Waals surface area (Å²) in [7, 11) is 0. The number of amidine groups is 1. The number of furan rings is 1. The zero-order valence-corrected chi connectivity index (χ0v) is 42.6. The van der Waals surface area contributed by atoms with Gasteiger partial charge in [-0.3, -0.25) is 9.98 Å². The number of pyridine rings is 1. The number of nitrogens with zero attached hydrogens (tertiary/aromatic N) is 6. The first-order valence-electron chi connectivity index (χ1n) is 26.3. The number of aromatic nitrogens is 3. The molecule has 4 heterocycles. The van der Waals surface area contributed by atoms with E-state index in [9.17, 15) is 0 Å². The monoisotopic (exact) mass is 1000 g/mol. The number of hydrogen-bond acceptors (Lipinski definition) is 7. The largest absolute Gasteiger partial charge is 0.456 e. The van der Waals surface area contributed by atoms with Crippen LogP contribution in [0, 0.1) is 5.92 Å². The van der Waals surface area contributed by atoms with Gasteiger partial charge in [0, 0.05) is 61.2 Å². The highest BCUT2D eigenvalue weighted by Gasteiger charge is 2.37. The van der Waals surface area contributed by atoms with E-state index < -0.39 is 0 Å². The van der Waals surface area contributed by atoms with E-state index in [2.05, 4.69) is 176 Å². The third-order valence-electron chi connectivity index (χ3n) is 15.0. The van der Waals surface area contributed by atoms with Gasteiger partial charge in [0.2, 0.25) is 0 Å². The number of benzene rings is 9. The zero-order chi connectivity index (χ0) is 52.1. The van der Waals surface area contributed by atoms with Crippen molar-refractivity contribution in [2.75, 3.05) is 0 Å². The lowest BCUT2D eigenvalue weighted by Gasteiger charge is -2.32. The molecule has 0 saturated carbocycles. The van der Waals surface area contributed by atoms with Crippen LogP contribution in [-0.4, -0.2) is 32.2 Å². The fraction of sp³-hybridized carbons (Fsp3) is 0.0423. The number of aliphatic imine (C=N–C) groups is 3. The van der Waals surface area contributed by atoms with Crippen molar-refractivity contribution in [3.63, 3.8) is 0 Å². The van der Waals surface area contributed by atoms with E-state index in [1.807, 2.05) is 85.8 Å². The molecule has 0 spiro atoms. The van der Waals surface area contributed by atoms with Gasteiger partial charge in [-0.05, 0) is 88.8 Å². The Morgan fingerprint density at radius 1 is 0.513 bits per heavy atom. The van der Waals surface area contributed by atoms with E-state index in [0.29, 0.717) is 11.7 Å². The molecule has 2 atom stereocenters. The third kappa shape index (κ3) is 8.35. The average Bonchev–Trinajstić information content (AvgIpc) is 3.89.